The largest absolute Gasteiger partial charge is 0.469 e. The minimum atomic E-state index is 0.564. The van der Waals surface area contributed by atoms with Gasteiger partial charge in [0.1, 0.15) is 11.6 Å². The zero-order chi connectivity index (χ0) is 13.8. The van der Waals surface area contributed by atoms with Crippen LogP contribution in [0.15, 0.2) is 22.8 Å². The summed E-state index contributed by atoms with van der Waals surface area (Å²) >= 11 is 0. The normalized spacial score (nSPS) is 19.4. The molecule has 3 heterocycles. The van der Waals surface area contributed by atoms with Crippen molar-refractivity contribution in [1.29, 1.82) is 0 Å². The second kappa shape index (κ2) is 6.09. The molecule has 0 bridgehead atoms. The fraction of sp³-hybridized carbons (Fsp3) is 0.571. The molecule has 0 aromatic carbocycles. The number of furan rings is 1. The summed E-state index contributed by atoms with van der Waals surface area (Å²) in [4.78, 5) is 6.81. The highest BCUT2D eigenvalue weighted by Crippen LogP contribution is 2.19. The van der Waals surface area contributed by atoms with Gasteiger partial charge in [-0.05, 0) is 37.4 Å². The van der Waals surface area contributed by atoms with Crippen LogP contribution in [0.3, 0.4) is 0 Å². The molecule has 0 saturated carbocycles. The van der Waals surface area contributed by atoms with Crippen molar-refractivity contribution in [2.75, 3.05) is 24.5 Å². The van der Waals surface area contributed by atoms with Gasteiger partial charge < -0.3 is 15.1 Å². The molecule has 2 aromatic heterocycles. The van der Waals surface area contributed by atoms with Crippen molar-refractivity contribution < 1.29 is 4.42 Å². The predicted molar refractivity (Wildman–Crippen MR) is 76.5 cm³/mol. The van der Waals surface area contributed by atoms with E-state index in [0.29, 0.717) is 5.92 Å². The molecular formula is C14H21N5O. The number of aryl methyl sites for hydroxylation is 2. The first-order valence-electron chi connectivity index (χ1n) is 7.24. The van der Waals surface area contributed by atoms with Crippen molar-refractivity contribution in [1.82, 2.24) is 15.2 Å². The Hall–Kier alpha value is -1.82. The van der Waals surface area contributed by atoms with E-state index < -0.39 is 0 Å². The van der Waals surface area contributed by atoms with E-state index in [1.54, 1.807) is 6.26 Å². The maximum atomic E-state index is 5.76. The molecule has 1 aliphatic rings. The van der Waals surface area contributed by atoms with Crippen LogP contribution >= 0.6 is 0 Å². The quantitative estimate of drug-likeness (QED) is 0.860. The van der Waals surface area contributed by atoms with Crippen LogP contribution in [0, 0.1) is 5.92 Å². The SMILES string of the molecule is NCC1CCCN(c2n[nH]c(CCc3ccco3)n2)C1. The van der Waals surface area contributed by atoms with E-state index in [4.69, 9.17) is 10.2 Å². The van der Waals surface area contributed by atoms with Gasteiger partial charge >= 0.3 is 0 Å². The third-order valence-electron chi connectivity index (χ3n) is 3.84. The molecule has 0 radical (unpaired) electrons. The van der Waals surface area contributed by atoms with Gasteiger partial charge in [0.2, 0.25) is 5.95 Å². The van der Waals surface area contributed by atoms with Crippen LogP contribution in [-0.2, 0) is 12.8 Å². The van der Waals surface area contributed by atoms with E-state index in [9.17, 15) is 0 Å². The number of rotatable bonds is 5. The number of hydrogen-bond donors (Lipinski definition) is 2. The van der Waals surface area contributed by atoms with Crippen molar-refractivity contribution in [2.24, 2.45) is 11.7 Å². The van der Waals surface area contributed by atoms with Crippen LogP contribution in [-0.4, -0.2) is 34.8 Å². The van der Waals surface area contributed by atoms with Gasteiger partial charge in [-0.1, -0.05) is 0 Å². The summed E-state index contributed by atoms with van der Waals surface area (Å²) in [5, 5.41) is 7.35. The summed E-state index contributed by atoms with van der Waals surface area (Å²) in [6, 6.07) is 3.88. The smallest absolute Gasteiger partial charge is 0.244 e. The Balaban J connectivity index is 1.58. The van der Waals surface area contributed by atoms with Crippen LogP contribution in [0.25, 0.3) is 0 Å². The zero-order valence-electron chi connectivity index (χ0n) is 11.6. The van der Waals surface area contributed by atoms with E-state index in [1.165, 1.54) is 6.42 Å². The minimum Gasteiger partial charge on any atom is -0.469 e. The predicted octanol–water partition coefficient (Wildman–Crippen LogP) is 1.36. The van der Waals surface area contributed by atoms with E-state index in [2.05, 4.69) is 20.1 Å². The third kappa shape index (κ3) is 3.01. The van der Waals surface area contributed by atoms with Gasteiger partial charge in [0, 0.05) is 25.9 Å². The van der Waals surface area contributed by atoms with Crippen LogP contribution in [0.4, 0.5) is 5.95 Å². The Morgan fingerprint density at radius 3 is 3.20 bits per heavy atom. The summed E-state index contributed by atoms with van der Waals surface area (Å²) in [5.41, 5.74) is 5.76. The van der Waals surface area contributed by atoms with Crippen LogP contribution in [0.5, 0.6) is 0 Å². The summed E-state index contributed by atoms with van der Waals surface area (Å²) in [6.07, 6.45) is 5.73. The Morgan fingerprint density at radius 2 is 2.40 bits per heavy atom. The Kier molecular flexibility index (Phi) is 4.01. The van der Waals surface area contributed by atoms with E-state index >= 15 is 0 Å². The van der Waals surface area contributed by atoms with Crippen molar-refractivity contribution in [3.05, 3.63) is 30.0 Å². The Morgan fingerprint density at radius 1 is 1.45 bits per heavy atom. The fourth-order valence-corrected chi connectivity index (χ4v) is 2.67. The van der Waals surface area contributed by atoms with Crippen molar-refractivity contribution in [3.63, 3.8) is 0 Å². The van der Waals surface area contributed by atoms with E-state index in [1.807, 2.05) is 12.1 Å². The first-order valence-corrected chi connectivity index (χ1v) is 7.24. The fourth-order valence-electron chi connectivity index (χ4n) is 2.67. The van der Waals surface area contributed by atoms with Crippen LogP contribution < -0.4 is 10.6 Å². The lowest BCUT2D eigenvalue weighted by Gasteiger charge is -2.31. The molecule has 0 aliphatic carbocycles. The molecule has 1 atom stereocenters. The number of H-pyrrole nitrogens is 1. The molecule has 20 heavy (non-hydrogen) atoms. The molecular weight excluding hydrogens is 254 g/mol. The maximum Gasteiger partial charge on any atom is 0.244 e. The summed E-state index contributed by atoms with van der Waals surface area (Å²) < 4.78 is 5.32. The standard InChI is InChI=1S/C14H21N5O/c15-9-11-3-1-7-19(10-11)14-16-13(17-18-14)6-5-12-4-2-8-20-12/h2,4,8,11H,1,3,5-7,9-10,15H2,(H,16,17,18). The van der Waals surface area contributed by atoms with Crippen molar-refractivity contribution in [2.45, 2.75) is 25.7 Å². The lowest BCUT2D eigenvalue weighted by atomic mass is 9.99. The average molecular weight is 275 g/mol. The zero-order valence-corrected chi connectivity index (χ0v) is 11.6. The minimum absolute atomic E-state index is 0.564. The number of aromatic amines is 1. The molecule has 1 saturated heterocycles. The molecule has 3 N–H and O–H groups in total. The second-order valence-corrected chi connectivity index (χ2v) is 5.35. The molecule has 0 amide bonds. The number of hydrogen-bond acceptors (Lipinski definition) is 5. The highest BCUT2D eigenvalue weighted by Gasteiger charge is 2.21. The highest BCUT2D eigenvalue weighted by atomic mass is 16.3. The number of piperidine rings is 1. The summed E-state index contributed by atoms with van der Waals surface area (Å²) in [7, 11) is 0. The number of nitrogens with one attached hydrogen (secondary N) is 1. The van der Waals surface area contributed by atoms with E-state index in [0.717, 1.165) is 56.4 Å². The number of nitrogens with zero attached hydrogens (tertiary/aromatic N) is 3. The molecule has 3 rings (SSSR count). The number of aromatic nitrogens is 3. The van der Waals surface area contributed by atoms with Crippen LogP contribution in [0.1, 0.15) is 24.4 Å². The Bertz CT molecular complexity index is 521. The molecule has 108 valence electrons. The topological polar surface area (TPSA) is 84.0 Å². The molecule has 1 unspecified atom stereocenters. The number of anilines is 1. The summed E-state index contributed by atoms with van der Waals surface area (Å²) in [6.45, 7) is 2.73. The monoisotopic (exact) mass is 275 g/mol. The first kappa shape index (κ1) is 13.2. The van der Waals surface area contributed by atoms with Gasteiger partial charge in [0.15, 0.2) is 0 Å². The molecule has 6 heteroatoms. The maximum absolute atomic E-state index is 5.76. The van der Waals surface area contributed by atoms with Crippen molar-refractivity contribution in [3.8, 4) is 0 Å². The molecule has 6 nitrogen and oxygen atoms in total. The van der Waals surface area contributed by atoms with Gasteiger partial charge in [-0.25, -0.2) is 0 Å². The third-order valence-corrected chi connectivity index (χ3v) is 3.84. The van der Waals surface area contributed by atoms with Gasteiger partial charge in [-0.2, -0.15) is 4.98 Å². The van der Waals surface area contributed by atoms with Gasteiger partial charge in [0.05, 0.1) is 6.26 Å². The lowest BCUT2D eigenvalue weighted by Crippen LogP contribution is -2.39. The molecule has 1 aliphatic heterocycles. The molecule has 1 fully saturated rings. The molecule has 2 aromatic rings. The van der Waals surface area contributed by atoms with Gasteiger partial charge in [0.25, 0.3) is 0 Å². The lowest BCUT2D eigenvalue weighted by molar-refractivity contribution is 0.419. The number of nitrogens with two attached hydrogens (primary N) is 1. The molecule has 0 spiro atoms. The highest BCUT2D eigenvalue weighted by molar-refractivity contribution is 5.29. The van der Waals surface area contributed by atoms with Gasteiger partial charge in [-0.15, -0.1) is 5.10 Å². The van der Waals surface area contributed by atoms with Crippen LogP contribution in [0.2, 0.25) is 0 Å². The second-order valence-electron chi connectivity index (χ2n) is 5.35. The van der Waals surface area contributed by atoms with Crippen molar-refractivity contribution >= 4 is 5.95 Å². The average Bonchev–Trinajstić information content (AvgIpc) is 3.16. The van der Waals surface area contributed by atoms with E-state index in [-0.39, 0.29) is 0 Å². The summed E-state index contributed by atoms with van der Waals surface area (Å²) in [5.74, 6) is 3.25. The first-order chi connectivity index (χ1) is 9.85. The Labute approximate surface area is 118 Å². The van der Waals surface area contributed by atoms with Gasteiger partial charge in [-0.3, -0.25) is 5.10 Å².